The summed E-state index contributed by atoms with van der Waals surface area (Å²) in [6, 6.07) is 10.00. The van der Waals surface area contributed by atoms with E-state index in [0.29, 0.717) is 19.4 Å². The monoisotopic (exact) mass is 291 g/mol. The number of hydrogen-bond acceptors (Lipinski definition) is 4. The predicted molar refractivity (Wildman–Crippen MR) is 81.7 cm³/mol. The molecule has 1 saturated heterocycles. The summed E-state index contributed by atoms with van der Waals surface area (Å²) in [4.78, 5) is 18.4. The molecule has 1 aliphatic rings. The van der Waals surface area contributed by atoms with Crippen LogP contribution in [0, 0.1) is 0 Å². The van der Waals surface area contributed by atoms with E-state index >= 15 is 0 Å². The third-order valence-corrected chi connectivity index (χ3v) is 3.81. The van der Waals surface area contributed by atoms with Crippen LogP contribution in [0.15, 0.2) is 30.3 Å². The average molecular weight is 291 g/mol. The molecule has 116 valence electrons. The van der Waals surface area contributed by atoms with Crippen LogP contribution in [-0.4, -0.2) is 36.3 Å². The summed E-state index contributed by atoms with van der Waals surface area (Å²) in [5, 5.41) is 1.92. The summed E-state index contributed by atoms with van der Waals surface area (Å²) in [5.74, 6) is -0.243. The van der Waals surface area contributed by atoms with Crippen molar-refractivity contribution in [3.8, 4) is 0 Å². The van der Waals surface area contributed by atoms with Crippen LogP contribution in [0.5, 0.6) is 0 Å². The highest BCUT2D eigenvalue weighted by atomic mass is 16.7. The van der Waals surface area contributed by atoms with Crippen molar-refractivity contribution in [2.45, 2.75) is 45.1 Å². The molecule has 1 aliphatic heterocycles. The Balaban J connectivity index is 2.11. The fraction of sp³-hybridized carbons (Fsp3) is 0.588. The fourth-order valence-corrected chi connectivity index (χ4v) is 2.66. The van der Waals surface area contributed by atoms with E-state index in [4.69, 9.17) is 9.57 Å². The Morgan fingerprint density at radius 1 is 1.33 bits per heavy atom. The zero-order valence-electron chi connectivity index (χ0n) is 13.0. The van der Waals surface area contributed by atoms with Gasteiger partial charge in [-0.15, -0.1) is 0 Å². The molecule has 1 aromatic carbocycles. The first-order valence-corrected chi connectivity index (χ1v) is 7.85. The van der Waals surface area contributed by atoms with Gasteiger partial charge in [0, 0.05) is 25.9 Å². The summed E-state index contributed by atoms with van der Waals surface area (Å²) in [5.41, 5.74) is 0.244. The Morgan fingerprint density at radius 2 is 2.10 bits per heavy atom. The maximum absolute atomic E-state index is 12.4. The summed E-state index contributed by atoms with van der Waals surface area (Å²) in [6.07, 6.45) is 3.44. The molecule has 4 nitrogen and oxygen atoms in total. The van der Waals surface area contributed by atoms with Gasteiger partial charge in [0.2, 0.25) is 0 Å². The largest absolute Gasteiger partial charge is 0.464 e. The molecule has 0 radical (unpaired) electrons. The van der Waals surface area contributed by atoms with Gasteiger partial charge in [-0.1, -0.05) is 43.7 Å². The first-order valence-electron chi connectivity index (χ1n) is 7.85. The molecule has 4 heteroatoms. The molecular formula is C17H25NO3. The van der Waals surface area contributed by atoms with Gasteiger partial charge >= 0.3 is 5.97 Å². The van der Waals surface area contributed by atoms with E-state index in [-0.39, 0.29) is 5.97 Å². The maximum Gasteiger partial charge on any atom is 0.340 e. The van der Waals surface area contributed by atoms with Crippen molar-refractivity contribution in [2.24, 2.45) is 0 Å². The standard InChI is InChI=1S/C17H25NO3/c1-3-5-12-18-13-11-17(21-18,16(19)20-4-2)14-15-9-7-6-8-10-15/h6-10H,3-5,11-14H2,1-2H3. The van der Waals surface area contributed by atoms with Gasteiger partial charge in [-0.2, -0.15) is 5.06 Å². The summed E-state index contributed by atoms with van der Waals surface area (Å²) < 4.78 is 5.26. The van der Waals surface area contributed by atoms with Crippen molar-refractivity contribution < 1.29 is 14.4 Å². The van der Waals surface area contributed by atoms with Crippen molar-refractivity contribution >= 4 is 5.97 Å². The van der Waals surface area contributed by atoms with Crippen LogP contribution in [0.25, 0.3) is 0 Å². The number of ether oxygens (including phenoxy) is 1. The van der Waals surface area contributed by atoms with Crippen LogP contribution >= 0.6 is 0 Å². The molecule has 0 saturated carbocycles. The molecule has 1 aromatic rings. The first-order chi connectivity index (χ1) is 10.2. The molecule has 0 N–H and O–H groups in total. The number of nitrogens with zero attached hydrogens (tertiary/aromatic N) is 1. The van der Waals surface area contributed by atoms with E-state index in [1.165, 1.54) is 0 Å². The maximum atomic E-state index is 12.4. The van der Waals surface area contributed by atoms with Crippen LogP contribution in [0.2, 0.25) is 0 Å². The highest BCUT2D eigenvalue weighted by Crippen LogP contribution is 2.31. The first kappa shape index (κ1) is 16.0. The van der Waals surface area contributed by atoms with Gasteiger partial charge in [0.05, 0.1) is 6.61 Å². The lowest BCUT2D eigenvalue weighted by atomic mass is 9.92. The third-order valence-electron chi connectivity index (χ3n) is 3.81. The van der Waals surface area contributed by atoms with Gasteiger partial charge in [-0.25, -0.2) is 4.79 Å². The smallest absolute Gasteiger partial charge is 0.340 e. The van der Waals surface area contributed by atoms with Gasteiger partial charge in [-0.3, -0.25) is 4.84 Å². The highest BCUT2D eigenvalue weighted by molar-refractivity contribution is 5.80. The lowest BCUT2D eigenvalue weighted by Crippen LogP contribution is -2.43. The molecule has 21 heavy (non-hydrogen) atoms. The zero-order chi connectivity index (χ0) is 15.1. The topological polar surface area (TPSA) is 38.8 Å². The zero-order valence-corrected chi connectivity index (χ0v) is 13.0. The molecule has 1 unspecified atom stereocenters. The van der Waals surface area contributed by atoms with Crippen molar-refractivity contribution in [1.29, 1.82) is 0 Å². The lowest BCUT2D eigenvalue weighted by molar-refractivity contribution is -0.214. The predicted octanol–water partition coefficient (Wildman–Crippen LogP) is 2.97. The van der Waals surface area contributed by atoms with Crippen molar-refractivity contribution in [3.63, 3.8) is 0 Å². The van der Waals surface area contributed by atoms with Crippen LogP contribution in [0.3, 0.4) is 0 Å². The van der Waals surface area contributed by atoms with Crippen molar-refractivity contribution in [1.82, 2.24) is 5.06 Å². The SMILES string of the molecule is CCCCN1CCC(Cc2ccccc2)(C(=O)OCC)O1. The van der Waals surface area contributed by atoms with E-state index < -0.39 is 5.60 Å². The lowest BCUT2D eigenvalue weighted by Gasteiger charge is -2.27. The number of carbonyl (C=O) groups is 1. The second-order valence-corrected chi connectivity index (χ2v) is 5.50. The van der Waals surface area contributed by atoms with E-state index in [0.717, 1.165) is 31.5 Å². The van der Waals surface area contributed by atoms with Crippen molar-refractivity contribution in [2.75, 3.05) is 19.7 Å². The molecule has 1 fully saturated rings. The second kappa shape index (κ2) is 7.57. The van der Waals surface area contributed by atoms with E-state index in [9.17, 15) is 4.79 Å². The minimum absolute atomic E-state index is 0.243. The molecule has 2 rings (SSSR count). The van der Waals surface area contributed by atoms with E-state index in [1.807, 2.05) is 42.3 Å². The Morgan fingerprint density at radius 3 is 2.76 bits per heavy atom. The van der Waals surface area contributed by atoms with Crippen LogP contribution in [-0.2, 0) is 20.8 Å². The number of hydrogen-bond donors (Lipinski definition) is 0. The summed E-state index contributed by atoms with van der Waals surface area (Å²) >= 11 is 0. The van der Waals surface area contributed by atoms with Crippen LogP contribution < -0.4 is 0 Å². The second-order valence-electron chi connectivity index (χ2n) is 5.50. The molecule has 0 bridgehead atoms. The number of unbranched alkanes of at least 4 members (excludes halogenated alkanes) is 1. The minimum atomic E-state index is -0.856. The van der Waals surface area contributed by atoms with Crippen LogP contribution in [0.1, 0.15) is 38.7 Å². The van der Waals surface area contributed by atoms with Gasteiger partial charge < -0.3 is 4.74 Å². The summed E-state index contributed by atoms with van der Waals surface area (Å²) in [6.45, 7) is 6.02. The minimum Gasteiger partial charge on any atom is -0.464 e. The molecular weight excluding hydrogens is 266 g/mol. The Labute approximate surface area is 127 Å². The van der Waals surface area contributed by atoms with Gasteiger partial charge in [0.15, 0.2) is 5.60 Å². The average Bonchev–Trinajstić information content (AvgIpc) is 2.91. The third kappa shape index (κ3) is 4.05. The Kier molecular flexibility index (Phi) is 5.76. The molecule has 0 amide bonds. The number of esters is 1. The molecule has 1 heterocycles. The van der Waals surface area contributed by atoms with E-state index in [1.54, 1.807) is 0 Å². The van der Waals surface area contributed by atoms with Gasteiger partial charge in [-0.05, 0) is 18.9 Å². The van der Waals surface area contributed by atoms with Gasteiger partial charge in [0.25, 0.3) is 0 Å². The number of benzene rings is 1. The fourth-order valence-electron chi connectivity index (χ4n) is 2.66. The summed E-state index contributed by atoms with van der Waals surface area (Å²) in [7, 11) is 0. The molecule has 0 spiro atoms. The van der Waals surface area contributed by atoms with Crippen molar-refractivity contribution in [3.05, 3.63) is 35.9 Å². The Hall–Kier alpha value is -1.39. The van der Waals surface area contributed by atoms with E-state index in [2.05, 4.69) is 6.92 Å². The quantitative estimate of drug-likeness (QED) is 0.724. The number of hydroxylamine groups is 2. The van der Waals surface area contributed by atoms with Gasteiger partial charge in [0.1, 0.15) is 0 Å². The molecule has 0 aliphatic carbocycles. The molecule has 0 aromatic heterocycles. The molecule has 1 atom stereocenters. The number of rotatable bonds is 7. The highest BCUT2D eigenvalue weighted by Gasteiger charge is 2.47. The number of carbonyl (C=O) groups excluding carboxylic acids is 1. The van der Waals surface area contributed by atoms with Crippen LogP contribution in [0.4, 0.5) is 0 Å². The Bertz CT molecular complexity index is 449. The normalized spacial score (nSPS) is 22.4.